The summed E-state index contributed by atoms with van der Waals surface area (Å²) in [7, 11) is 0. The third kappa shape index (κ3) is 28.9. The first-order valence-corrected chi connectivity index (χ1v) is 21.8. The normalized spacial score (nSPS) is 21.1. The summed E-state index contributed by atoms with van der Waals surface area (Å²) in [5.41, 5.74) is 0. The number of ether oxygens (including phenoxy) is 4. The number of aliphatic hydroxyl groups is 4. The average molecular weight is 813 g/mol. The van der Waals surface area contributed by atoms with Gasteiger partial charge in [-0.2, -0.15) is 0 Å². The van der Waals surface area contributed by atoms with Gasteiger partial charge in [-0.25, -0.2) is 0 Å². The molecule has 0 aliphatic carbocycles. The van der Waals surface area contributed by atoms with Crippen LogP contribution >= 0.6 is 0 Å². The van der Waals surface area contributed by atoms with Crippen LogP contribution in [0.15, 0.2) is 97.2 Å². The quantitative estimate of drug-likeness (QED) is 0.0281. The van der Waals surface area contributed by atoms with E-state index in [4.69, 9.17) is 18.9 Å². The molecule has 0 bridgehead atoms. The molecule has 0 radical (unpaired) electrons. The second-order valence-electron chi connectivity index (χ2n) is 14.4. The zero-order valence-electron chi connectivity index (χ0n) is 35.5. The molecule has 10 nitrogen and oxygen atoms in total. The van der Waals surface area contributed by atoms with Crippen molar-refractivity contribution in [3.05, 3.63) is 97.2 Å². The Labute approximate surface area is 349 Å². The number of allylic oxidation sites excluding steroid dienone is 16. The third-order valence-corrected chi connectivity index (χ3v) is 9.22. The van der Waals surface area contributed by atoms with Crippen LogP contribution in [0.2, 0.25) is 0 Å². The van der Waals surface area contributed by atoms with E-state index in [2.05, 4.69) is 98.9 Å². The van der Waals surface area contributed by atoms with E-state index in [9.17, 15) is 30.0 Å². The van der Waals surface area contributed by atoms with E-state index in [-0.39, 0.29) is 26.1 Å². The SMILES string of the molecule is CC/C=C/C/C=C/C/C=C/C/C=C/C/C=C/C/C=C/CCC(=O)OC[C@@H](CO[C@H]1O[C@@H](CO)[C@@H](O)C(O)C1O)OC(=O)CCCCCCC/C=C/C/C=C/CCCC. The van der Waals surface area contributed by atoms with E-state index in [1.165, 1.54) is 12.8 Å². The van der Waals surface area contributed by atoms with Crippen LogP contribution in [-0.4, -0.2) is 89.0 Å². The maximum Gasteiger partial charge on any atom is 0.306 e. The van der Waals surface area contributed by atoms with Crippen molar-refractivity contribution in [2.24, 2.45) is 0 Å². The summed E-state index contributed by atoms with van der Waals surface area (Å²) in [4.78, 5) is 25.3. The highest BCUT2D eigenvalue weighted by molar-refractivity contribution is 5.70. The number of aliphatic hydroxyl groups excluding tert-OH is 4. The Balaban J connectivity index is 2.42. The number of esters is 2. The van der Waals surface area contributed by atoms with Gasteiger partial charge in [-0.1, -0.05) is 143 Å². The van der Waals surface area contributed by atoms with Crippen LogP contribution in [0.1, 0.15) is 136 Å². The Morgan fingerprint density at radius 2 is 1.05 bits per heavy atom. The highest BCUT2D eigenvalue weighted by Crippen LogP contribution is 2.22. The van der Waals surface area contributed by atoms with Crippen LogP contribution in [0, 0.1) is 0 Å². The Morgan fingerprint density at radius 3 is 1.60 bits per heavy atom. The largest absolute Gasteiger partial charge is 0.462 e. The Hall–Kier alpha value is -3.38. The minimum absolute atomic E-state index is 0.141. The molecule has 0 aromatic rings. The Morgan fingerprint density at radius 1 is 0.552 bits per heavy atom. The molecule has 2 unspecified atom stereocenters. The van der Waals surface area contributed by atoms with E-state index in [0.717, 1.165) is 83.5 Å². The zero-order chi connectivity index (χ0) is 42.3. The molecule has 328 valence electrons. The standard InChI is InChI=1S/C48H76O10/c1-3-5-7-9-11-13-15-17-19-20-21-22-23-25-26-28-30-32-34-36-43(50)55-39-41(40-56-48-47(54)46(53)45(52)42(38-49)58-48)57-44(51)37-35-33-31-29-27-24-18-16-14-12-10-8-6-4-2/h5,7,10-13,16-19,21-22,25-26,30,32,41-42,45-49,52-54H,3-4,6,8-9,14-15,20,23-24,27-29,31,33-40H2,1-2H3/b7-5+,12-10+,13-11+,18-16+,19-17+,22-21+,26-25+,32-30+/t41-,42-,45+,46?,47?,48-/m0/s1. The molecule has 1 rings (SSSR count). The fourth-order valence-electron chi connectivity index (χ4n) is 5.76. The third-order valence-electron chi connectivity index (χ3n) is 9.22. The van der Waals surface area contributed by atoms with Gasteiger partial charge in [0.25, 0.3) is 0 Å². The van der Waals surface area contributed by atoms with Crippen molar-refractivity contribution in [3.63, 3.8) is 0 Å². The molecule has 58 heavy (non-hydrogen) atoms. The van der Waals surface area contributed by atoms with E-state index >= 15 is 0 Å². The summed E-state index contributed by atoms with van der Waals surface area (Å²) >= 11 is 0. The molecule has 1 aliphatic rings. The van der Waals surface area contributed by atoms with Gasteiger partial charge in [-0.3, -0.25) is 9.59 Å². The lowest BCUT2D eigenvalue weighted by Gasteiger charge is -2.39. The topological polar surface area (TPSA) is 152 Å². The number of hydrogen-bond donors (Lipinski definition) is 4. The molecule has 4 N–H and O–H groups in total. The van der Waals surface area contributed by atoms with Crippen molar-refractivity contribution in [3.8, 4) is 0 Å². The fourth-order valence-corrected chi connectivity index (χ4v) is 5.76. The van der Waals surface area contributed by atoms with Gasteiger partial charge in [0.05, 0.1) is 13.2 Å². The maximum absolute atomic E-state index is 12.7. The predicted octanol–water partition coefficient (Wildman–Crippen LogP) is 9.16. The zero-order valence-corrected chi connectivity index (χ0v) is 35.5. The number of hydrogen-bond acceptors (Lipinski definition) is 10. The van der Waals surface area contributed by atoms with Gasteiger partial charge < -0.3 is 39.4 Å². The van der Waals surface area contributed by atoms with Gasteiger partial charge in [-0.05, 0) is 77.0 Å². The highest BCUT2D eigenvalue weighted by Gasteiger charge is 2.44. The number of rotatable bonds is 34. The van der Waals surface area contributed by atoms with Crippen LogP contribution in [-0.2, 0) is 28.5 Å². The van der Waals surface area contributed by atoms with Crippen LogP contribution in [0.5, 0.6) is 0 Å². The molecule has 1 fully saturated rings. The summed E-state index contributed by atoms with van der Waals surface area (Å²) in [6.07, 6.45) is 42.8. The summed E-state index contributed by atoms with van der Waals surface area (Å²) in [5, 5.41) is 40.0. The number of carbonyl (C=O) groups excluding carboxylic acids is 2. The first-order valence-electron chi connectivity index (χ1n) is 21.8. The van der Waals surface area contributed by atoms with E-state index in [0.29, 0.717) is 12.8 Å². The number of carbonyl (C=O) groups is 2. The van der Waals surface area contributed by atoms with Crippen LogP contribution in [0.4, 0.5) is 0 Å². The molecule has 1 heterocycles. The van der Waals surface area contributed by atoms with Crippen molar-refractivity contribution in [1.82, 2.24) is 0 Å². The van der Waals surface area contributed by atoms with Gasteiger partial charge in [0.2, 0.25) is 0 Å². The molecule has 1 saturated heterocycles. The van der Waals surface area contributed by atoms with Gasteiger partial charge in [0.1, 0.15) is 31.0 Å². The van der Waals surface area contributed by atoms with Gasteiger partial charge in [-0.15, -0.1) is 0 Å². The van der Waals surface area contributed by atoms with Crippen molar-refractivity contribution in [1.29, 1.82) is 0 Å². The highest BCUT2D eigenvalue weighted by atomic mass is 16.7. The molecular formula is C48H76O10. The number of unbranched alkanes of at least 4 members (excludes halogenated alkanes) is 7. The predicted molar refractivity (Wildman–Crippen MR) is 233 cm³/mol. The lowest BCUT2D eigenvalue weighted by molar-refractivity contribution is -0.305. The maximum atomic E-state index is 12.7. The summed E-state index contributed by atoms with van der Waals surface area (Å²) in [5.74, 6) is -0.932. The van der Waals surface area contributed by atoms with Gasteiger partial charge in [0.15, 0.2) is 12.4 Å². The van der Waals surface area contributed by atoms with Gasteiger partial charge in [0, 0.05) is 12.8 Å². The molecule has 0 aromatic carbocycles. The molecule has 0 spiro atoms. The molecule has 0 aromatic heterocycles. The van der Waals surface area contributed by atoms with E-state index in [1.807, 2.05) is 12.2 Å². The van der Waals surface area contributed by atoms with E-state index < -0.39 is 55.4 Å². The summed E-state index contributed by atoms with van der Waals surface area (Å²) < 4.78 is 22.0. The summed E-state index contributed by atoms with van der Waals surface area (Å²) in [6, 6.07) is 0. The van der Waals surface area contributed by atoms with E-state index in [1.54, 1.807) is 0 Å². The molecule has 10 heteroatoms. The smallest absolute Gasteiger partial charge is 0.306 e. The van der Waals surface area contributed by atoms with Crippen molar-refractivity contribution in [2.75, 3.05) is 19.8 Å². The van der Waals surface area contributed by atoms with Gasteiger partial charge >= 0.3 is 11.9 Å². The van der Waals surface area contributed by atoms with Crippen molar-refractivity contribution >= 4 is 11.9 Å². The first-order chi connectivity index (χ1) is 28.3. The minimum Gasteiger partial charge on any atom is -0.462 e. The minimum atomic E-state index is -1.61. The fraction of sp³-hybridized carbons (Fsp3) is 0.625. The monoisotopic (exact) mass is 813 g/mol. The lowest BCUT2D eigenvalue weighted by atomic mass is 9.99. The second kappa shape index (κ2) is 37.9. The van der Waals surface area contributed by atoms with Crippen molar-refractivity contribution < 1.29 is 49.0 Å². The molecule has 1 aliphatic heterocycles. The second-order valence-corrected chi connectivity index (χ2v) is 14.4. The lowest BCUT2D eigenvalue weighted by Crippen LogP contribution is -2.59. The molecule has 0 saturated carbocycles. The Bertz CT molecular complexity index is 1260. The first kappa shape index (κ1) is 52.6. The Kier molecular flexibility index (Phi) is 34.4. The average Bonchev–Trinajstić information content (AvgIpc) is 3.22. The van der Waals surface area contributed by atoms with Crippen LogP contribution in [0.25, 0.3) is 0 Å². The molecule has 6 atom stereocenters. The van der Waals surface area contributed by atoms with Crippen LogP contribution < -0.4 is 0 Å². The van der Waals surface area contributed by atoms with Crippen LogP contribution in [0.3, 0.4) is 0 Å². The van der Waals surface area contributed by atoms with Crippen molar-refractivity contribution in [2.45, 2.75) is 173 Å². The summed E-state index contributed by atoms with van der Waals surface area (Å²) in [6.45, 7) is 3.15. The molecular weight excluding hydrogens is 737 g/mol. The molecule has 0 amide bonds.